The summed E-state index contributed by atoms with van der Waals surface area (Å²) in [4.78, 5) is 2.49. The van der Waals surface area contributed by atoms with Crippen LogP contribution < -0.4 is 0 Å². The van der Waals surface area contributed by atoms with Crippen molar-refractivity contribution in [1.82, 2.24) is 4.90 Å². The Morgan fingerprint density at radius 3 is 2.71 bits per heavy atom. The summed E-state index contributed by atoms with van der Waals surface area (Å²) < 4.78 is 0. The lowest BCUT2D eigenvalue weighted by atomic mass is 10.0. The van der Waals surface area contributed by atoms with Crippen molar-refractivity contribution in [3.8, 4) is 11.8 Å². The van der Waals surface area contributed by atoms with Gasteiger partial charge < -0.3 is 0 Å². The maximum atomic E-state index is 3.34. The van der Waals surface area contributed by atoms with Gasteiger partial charge in [-0.2, -0.15) is 0 Å². The van der Waals surface area contributed by atoms with E-state index in [1.54, 1.807) is 0 Å². The van der Waals surface area contributed by atoms with Crippen LogP contribution in [0.15, 0.2) is 42.0 Å². The van der Waals surface area contributed by atoms with E-state index in [1.807, 2.05) is 18.2 Å². The van der Waals surface area contributed by atoms with Crippen LogP contribution >= 0.6 is 0 Å². The summed E-state index contributed by atoms with van der Waals surface area (Å²) in [5.41, 5.74) is 2.44. The molecule has 1 fully saturated rings. The molecule has 1 nitrogen and oxygen atoms in total. The SMILES string of the molecule is CN1C2C=C(C#Cc3ccccc3)CC1CC2. The van der Waals surface area contributed by atoms with E-state index in [-0.39, 0.29) is 0 Å². The average Bonchev–Trinajstić information content (AvgIpc) is 2.61. The Hall–Kier alpha value is -1.52. The summed E-state index contributed by atoms with van der Waals surface area (Å²) in [7, 11) is 2.24. The van der Waals surface area contributed by atoms with Crippen LogP contribution in [0.3, 0.4) is 0 Å². The van der Waals surface area contributed by atoms with Crippen LogP contribution in [-0.4, -0.2) is 24.0 Å². The van der Waals surface area contributed by atoms with Crippen molar-refractivity contribution in [2.45, 2.75) is 31.3 Å². The first-order valence-corrected chi connectivity index (χ1v) is 6.32. The lowest BCUT2D eigenvalue weighted by Crippen LogP contribution is -2.34. The molecule has 2 bridgehead atoms. The fourth-order valence-electron chi connectivity index (χ4n) is 2.81. The molecule has 0 radical (unpaired) electrons. The van der Waals surface area contributed by atoms with Crippen LogP contribution in [0.5, 0.6) is 0 Å². The Morgan fingerprint density at radius 1 is 1.12 bits per heavy atom. The van der Waals surface area contributed by atoms with Gasteiger partial charge in [-0.3, -0.25) is 4.90 Å². The van der Waals surface area contributed by atoms with Gasteiger partial charge in [0.15, 0.2) is 0 Å². The third-order valence-corrected chi connectivity index (χ3v) is 3.89. The maximum absolute atomic E-state index is 3.34. The molecule has 2 aliphatic heterocycles. The van der Waals surface area contributed by atoms with Gasteiger partial charge in [-0.15, -0.1) is 0 Å². The highest BCUT2D eigenvalue weighted by Crippen LogP contribution is 2.32. The number of hydrogen-bond donors (Lipinski definition) is 0. The third-order valence-electron chi connectivity index (χ3n) is 3.89. The molecule has 2 heterocycles. The molecule has 86 valence electrons. The minimum Gasteiger partial charge on any atom is -0.297 e. The number of benzene rings is 1. The summed E-state index contributed by atoms with van der Waals surface area (Å²) in [6.07, 6.45) is 6.12. The zero-order chi connectivity index (χ0) is 11.7. The molecule has 2 aliphatic rings. The average molecular weight is 223 g/mol. The van der Waals surface area contributed by atoms with E-state index >= 15 is 0 Å². The molecule has 2 unspecified atom stereocenters. The second-order valence-electron chi connectivity index (χ2n) is 4.98. The minimum absolute atomic E-state index is 0.633. The molecule has 3 rings (SSSR count). The fourth-order valence-corrected chi connectivity index (χ4v) is 2.81. The normalized spacial score (nSPS) is 27.2. The van der Waals surface area contributed by atoms with E-state index in [1.165, 1.54) is 18.4 Å². The highest BCUT2D eigenvalue weighted by molar-refractivity contribution is 5.42. The highest BCUT2D eigenvalue weighted by atomic mass is 15.2. The molecule has 1 aromatic carbocycles. The number of hydrogen-bond acceptors (Lipinski definition) is 1. The topological polar surface area (TPSA) is 3.24 Å². The molecule has 1 saturated heterocycles. The molecule has 0 amide bonds. The molecule has 0 saturated carbocycles. The Labute approximate surface area is 103 Å². The monoisotopic (exact) mass is 223 g/mol. The first kappa shape index (κ1) is 10.6. The summed E-state index contributed by atoms with van der Waals surface area (Å²) in [5, 5.41) is 0. The zero-order valence-corrected chi connectivity index (χ0v) is 10.2. The van der Waals surface area contributed by atoms with Crippen molar-refractivity contribution in [3.05, 3.63) is 47.5 Å². The van der Waals surface area contributed by atoms with E-state index in [0.717, 1.165) is 18.0 Å². The number of likely N-dealkylation sites (N-methyl/N-ethyl adjacent to an activating group) is 1. The maximum Gasteiger partial charge on any atom is 0.0290 e. The van der Waals surface area contributed by atoms with E-state index < -0.39 is 0 Å². The first-order chi connectivity index (χ1) is 8.33. The quantitative estimate of drug-likeness (QED) is 0.611. The van der Waals surface area contributed by atoms with E-state index in [4.69, 9.17) is 0 Å². The summed E-state index contributed by atoms with van der Waals surface area (Å²) in [6, 6.07) is 11.6. The van der Waals surface area contributed by atoms with E-state index in [9.17, 15) is 0 Å². The van der Waals surface area contributed by atoms with E-state index in [0.29, 0.717) is 6.04 Å². The van der Waals surface area contributed by atoms with Gasteiger partial charge in [0.05, 0.1) is 0 Å². The van der Waals surface area contributed by atoms with Crippen LogP contribution in [0.2, 0.25) is 0 Å². The smallest absolute Gasteiger partial charge is 0.0290 e. The van der Waals surface area contributed by atoms with Crippen molar-refractivity contribution in [2.24, 2.45) is 0 Å². The van der Waals surface area contributed by atoms with Crippen molar-refractivity contribution < 1.29 is 0 Å². The second kappa shape index (κ2) is 4.39. The largest absolute Gasteiger partial charge is 0.297 e. The molecule has 0 aliphatic carbocycles. The van der Waals surface area contributed by atoms with Gasteiger partial charge in [0, 0.05) is 23.2 Å². The van der Waals surface area contributed by atoms with Crippen molar-refractivity contribution in [2.75, 3.05) is 7.05 Å². The van der Waals surface area contributed by atoms with Crippen LogP contribution in [-0.2, 0) is 0 Å². The van der Waals surface area contributed by atoms with Crippen molar-refractivity contribution in [1.29, 1.82) is 0 Å². The van der Waals surface area contributed by atoms with Crippen LogP contribution in [0, 0.1) is 11.8 Å². The highest BCUT2D eigenvalue weighted by Gasteiger charge is 2.33. The Kier molecular flexibility index (Phi) is 2.74. The van der Waals surface area contributed by atoms with Gasteiger partial charge in [-0.1, -0.05) is 36.1 Å². The van der Waals surface area contributed by atoms with Crippen molar-refractivity contribution >= 4 is 0 Å². The van der Waals surface area contributed by atoms with Gasteiger partial charge in [0.25, 0.3) is 0 Å². The number of rotatable bonds is 0. The molecule has 2 atom stereocenters. The molecule has 1 heteroatoms. The van der Waals surface area contributed by atoms with Gasteiger partial charge in [-0.25, -0.2) is 0 Å². The zero-order valence-electron chi connectivity index (χ0n) is 10.2. The van der Waals surface area contributed by atoms with Gasteiger partial charge >= 0.3 is 0 Å². The number of nitrogens with zero attached hydrogens (tertiary/aromatic N) is 1. The summed E-state index contributed by atoms with van der Waals surface area (Å²) >= 11 is 0. The van der Waals surface area contributed by atoms with Gasteiger partial charge in [0.1, 0.15) is 0 Å². The third kappa shape index (κ3) is 2.14. The Bertz CT molecular complexity index is 489. The minimum atomic E-state index is 0.633. The Morgan fingerprint density at radius 2 is 1.94 bits per heavy atom. The molecular formula is C16H17N. The molecule has 0 spiro atoms. The predicted octanol–water partition coefficient (Wildman–Crippen LogP) is 2.83. The number of fused-ring (bicyclic) bond motifs is 2. The molecule has 17 heavy (non-hydrogen) atoms. The standard InChI is InChI=1S/C16H17N/c1-17-15-9-10-16(17)12-14(11-15)8-7-13-5-3-2-4-6-13/h2-6,11,15-16H,9-10,12H2,1H3. The molecule has 0 aromatic heterocycles. The predicted molar refractivity (Wildman–Crippen MR) is 70.6 cm³/mol. The first-order valence-electron chi connectivity index (χ1n) is 6.32. The van der Waals surface area contributed by atoms with Gasteiger partial charge in [0.2, 0.25) is 0 Å². The van der Waals surface area contributed by atoms with Crippen LogP contribution in [0.4, 0.5) is 0 Å². The van der Waals surface area contributed by atoms with E-state index in [2.05, 4.69) is 42.0 Å². The fraction of sp³-hybridized carbons (Fsp3) is 0.375. The second-order valence-corrected chi connectivity index (χ2v) is 4.98. The Balaban J connectivity index is 1.80. The van der Waals surface area contributed by atoms with Gasteiger partial charge in [-0.05, 0) is 38.4 Å². The summed E-state index contributed by atoms with van der Waals surface area (Å²) in [6.45, 7) is 0. The van der Waals surface area contributed by atoms with Crippen LogP contribution in [0.1, 0.15) is 24.8 Å². The molecule has 0 N–H and O–H groups in total. The lowest BCUT2D eigenvalue weighted by Gasteiger charge is -2.28. The lowest BCUT2D eigenvalue weighted by molar-refractivity contribution is 0.257. The van der Waals surface area contributed by atoms with Crippen LogP contribution in [0.25, 0.3) is 0 Å². The molecular weight excluding hydrogens is 206 g/mol. The summed E-state index contributed by atoms with van der Waals surface area (Å²) in [5.74, 6) is 6.60. The molecule has 1 aromatic rings. The van der Waals surface area contributed by atoms with Crippen molar-refractivity contribution in [3.63, 3.8) is 0 Å².